The Morgan fingerprint density at radius 2 is 2.05 bits per heavy atom. The van der Waals surface area contributed by atoms with Gasteiger partial charge in [-0.15, -0.1) is 12.4 Å². The Morgan fingerprint density at radius 3 is 2.76 bits per heavy atom. The number of carbonyl (C=O) groups excluding carboxylic acids is 1. The van der Waals surface area contributed by atoms with Crippen molar-refractivity contribution in [2.45, 2.75) is 25.3 Å². The zero-order valence-corrected chi connectivity index (χ0v) is 13.3. The molecule has 0 bridgehead atoms. The van der Waals surface area contributed by atoms with Crippen LogP contribution < -0.4 is 10.6 Å². The molecule has 2 heterocycles. The fourth-order valence-corrected chi connectivity index (χ4v) is 2.41. The number of ether oxygens (including phenoxy) is 3. The number of carbonyl (C=O) groups is 1. The van der Waals surface area contributed by atoms with Crippen LogP contribution in [-0.2, 0) is 19.0 Å². The molecule has 2 N–H and O–H groups in total. The van der Waals surface area contributed by atoms with Gasteiger partial charge in [0.15, 0.2) is 0 Å². The standard InChI is InChI=1S/C14H26N2O4.ClH/c17-14(13-11-20-9-5-15-13)16-4-1-6-19-10-12-2-7-18-8-3-12;/h12-13,15H,1-11H2,(H,16,17);1H. The van der Waals surface area contributed by atoms with Crippen molar-refractivity contribution in [3.63, 3.8) is 0 Å². The molecule has 0 aliphatic carbocycles. The van der Waals surface area contributed by atoms with Crippen molar-refractivity contribution < 1.29 is 19.0 Å². The average molecular weight is 323 g/mol. The van der Waals surface area contributed by atoms with Crippen LogP contribution in [0.15, 0.2) is 0 Å². The van der Waals surface area contributed by atoms with Crippen LogP contribution in [0.4, 0.5) is 0 Å². The van der Waals surface area contributed by atoms with Crippen molar-refractivity contribution in [3.8, 4) is 0 Å². The monoisotopic (exact) mass is 322 g/mol. The first-order valence-corrected chi connectivity index (χ1v) is 7.60. The molecule has 0 aromatic heterocycles. The summed E-state index contributed by atoms with van der Waals surface area (Å²) >= 11 is 0. The summed E-state index contributed by atoms with van der Waals surface area (Å²) in [6.45, 7) is 5.79. The van der Waals surface area contributed by atoms with Crippen LogP contribution in [0.1, 0.15) is 19.3 Å². The van der Waals surface area contributed by atoms with E-state index in [0.717, 1.165) is 45.6 Å². The largest absolute Gasteiger partial charge is 0.381 e. The fourth-order valence-electron chi connectivity index (χ4n) is 2.41. The Labute approximate surface area is 132 Å². The van der Waals surface area contributed by atoms with E-state index in [2.05, 4.69) is 10.6 Å². The second-order valence-corrected chi connectivity index (χ2v) is 5.36. The van der Waals surface area contributed by atoms with E-state index in [9.17, 15) is 4.79 Å². The maximum absolute atomic E-state index is 11.8. The van der Waals surface area contributed by atoms with E-state index in [1.54, 1.807) is 0 Å². The van der Waals surface area contributed by atoms with E-state index in [1.807, 2.05) is 0 Å². The molecule has 0 spiro atoms. The molecule has 2 aliphatic rings. The van der Waals surface area contributed by atoms with Crippen LogP contribution in [0.5, 0.6) is 0 Å². The summed E-state index contributed by atoms with van der Waals surface area (Å²) in [4.78, 5) is 11.8. The Hall–Kier alpha value is -0.400. The summed E-state index contributed by atoms with van der Waals surface area (Å²) in [5.74, 6) is 0.663. The van der Waals surface area contributed by atoms with E-state index >= 15 is 0 Å². The van der Waals surface area contributed by atoms with Gasteiger partial charge in [-0.2, -0.15) is 0 Å². The quantitative estimate of drug-likeness (QED) is 0.662. The Balaban J connectivity index is 0.00000220. The minimum Gasteiger partial charge on any atom is -0.381 e. The number of nitrogens with one attached hydrogen (secondary N) is 2. The molecule has 2 fully saturated rings. The van der Waals surface area contributed by atoms with Gasteiger partial charge in [0.05, 0.1) is 13.2 Å². The first-order chi connectivity index (χ1) is 9.86. The van der Waals surface area contributed by atoms with Gasteiger partial charge in [0.2, 0.25) is 5.91 Å². The second kappa shape index (κ2) is 11.2. The Kier molecular flexibility index (Phi) is 9.95. The summed E-state index contributed by atoms with van der Waals surface area (Å²) in [5, 5.41) is 6.04. The SMILES string of the molecule is Cl.O=C(NCCCOCC1CCOCC1)C1COCCN1. The van der Waals surface area contributed by atoms with Gasteiger partial charge in [0.25, 0.3) is 0 Å². The van der Waals surface area contributed by atoms with Crippen molar-refractivity contribution in [1.29, 1.82) is 0 Å². The van der Waals surface area contributed by atoms with Crippen molar-refractivity contribution in [1.82, 2.24) is 10.6 Å². The first-order valence-electron chi connectivity index (χ1n) is 7.60. The molecule has 2 rings (SSSR count). The molecule has 1 unspecified atom stereocenters. The average Bonchev–Trinajstić information content (AvgIpc) is 2.52. The van der Waals surface area contributed by atoms with E-state index in [4.69, 9.17) is 14.2 Å². The number of morpholine rings is 1. The van der Waals surface area contributed by atoms with Gasteiger partial charge in [0.1, 0.15) is 6.04 Å². The number of halogens is 1. The molecule has 1 atom stereocenters. The van der Waals surface area contributed by atoms with Crippen molar-refractivity contribution >= 4 is 18.3 Å². The lowest BCUT2D eigenvalue weighted by Crippen LogP contribution is -2.51. The number of rotatable bonds is 7. The lowest BCUT2D eigenvalue weighted by molar-refractivity contribution is -0.125. The molecule has 2 aliphatic heterocycles. The lowest BCUT2D eigenvalue weighted by atomic mass is 10.0. The van der Waals surface area contributed by atoms with Crippen LogP contribution in [0.2, 0.25) is 0 Å². The first kappa shape index (κ1) is 18.6. The van der Waals surface area contributed by atoms with Gasteiger partial charge in [-0.05, 0) is 25.2 Å². The maximum Gasteiger partial charge on any atom is 0.239 e. The predicted octanol–water partition coefficient (Wildman–Crippen LogP) is 0.346. The molecule has 0 radical (unpaired) electrons. The summed E-state index contributed by atoms with van der Waals surface area (Å²) in [7, 11) is 0. The molecule has 0 aromatic rings. The lowest BCUT2D eigenvalue weighted by Gasteiger charge is -2.23. The van der Waals surface area contributed by atoms with Crippen LogP contribution in [0.3, 0.4) is 0 Å². The van der Waals surface area contributed by atoms with Gasteiger partial charge >= 0.3 is 0 Å². The van der Waals surface area contributed by atoms with Gasteiger partial charge in [-0.1, -0.05) is 0 Å². The third-order valence-electron chi connectivity index (χ3n) is 3.70. The van der Waals surface area contributed by atoms with Crippen LogP contribution in [-0.4, -0.2) is 64.7 Å². The third-order valence-corrected chi connectivity index (χ3v) is 3.70. The van der Waals surface area contributed by atoms with Crippen LogP contribution >= 0.6 is 12.4 Å². The molecule has 124 valence electrons. The van der Waals surface area contributed by atoms with Crippen molar-refractivity contribution in [3.05, 3.63) is 0 Å². The van der Waals surface area contributed by atoms with Crippen LogP contribution in [0, 0.1) is 5.92 Å². The van der Waals surface area contributed by atoms with Crippen molar-refractivity contribution in [2.24, 2.45) is 5.92 Å². The topological polar surface area (TPSA) is 68.8 Å². The molecular weight excluding hydrogens is 296 g/mol. The summed E-state index contributed by atoms with van der Waals surface area (Å²) < 4.78 is 16.2. The zero-order chi connectivity index (χ0) is 14.0. The summed E-state index contributed by atoms with van der Waals surface area (Å²) in [6, 6.07) is -0.202. The predicted molar refractivity (Wildman–Crippen MR) is 81.8 cm³/mol. The third kappa shape index (κ3) is 7.42. The molecule has 6 nitrogen and oxygen atoms in total. The van der Waals surface area contributed by atoms with E-state index in [0.29, 0.717) is 32.3 Å². The fraction of sp³-hybridized carbons (Fsp3) is 0.929. The Bertz CT molecular complexity index is 282. The van der Waals surface area contributed by atoms with Gasteiger partial charge in [-0.25, -0.2) is 0 Å². The normalized spacial score (nSPS) is 23.3. The highest BCUT2D eigenvalue weighted by Gasteiger charge is 2.20. The molecular formula is C14H27ClN2O4. The molecule has 21 heavy (non-hydrogen) atoms. The highest BCUT2D eigenvalue weighted by Crippen LogP contribution is 2.14. The van der Waals surface area contributed by atoms with Gasteiger partial charge in [0, 0.05) is 39.5 Å². The highest BCUT2D eigenvalue weighted by molar-refractivity contribution is 5.85. The molecule has 0 saturated carbocycles. The number of hydrogen-bond acceptors (Lipinski definition) is 5. The summed E-state index contributed by atoms with van der Waals surface area (Å²) in [6.07, 6.45) is 3.05. The Morgan fingerprint density at radius 1 is 1.24 bits per heavy atom. The maximum atomic E-state index is 11.8. The second-order valence-electron chi connectivity index (χ2n) is 5.36. The number of amides is 1. The van der Waals surface area contributed by atoms with Gasteiger partial charge in [-0.3, -0.25) is 4.79 Å². The summed E-state index contributed by atoms with van der Waals surface area (Å²) in [5.41, 5.74) is 0. The molecule has 7 heteroatoms. The minimum atomic E-state index is -0.202. The van der Waals surface area contributed by atoms with E-state index < -0.39 is 0 Å². The number of hydrogen-bond donors (Lipinski definition) is 2. The van der Waals surface area contributed by atoms with Crippen LogP contribution in [0.25, 0.3) is 0 Å². The smallest absolute Gasteiger partial charge is 0.239 e. The highest BCUT2D eigenvalue weighted by atomic mass is 35.5. The molecule has 1 amide bonds. The van der Waals surface area contributed by atoms with Crippen molar-refractivity contribution in [2.75, 3.05) is 52.7 Å². The van der Waals surface area contributed by atoms with E-state index in [-0.39, 0.29) is 24.4 Å². The minimum absolute atomic E-state index is 0. The molecule has 0 aromatic carbocycles. The molecule has 2 saturated heterocycles. The zero-order valence-electron chi connectivity index (χ0n) is 12.5. The van der Waals surface area contributed by atoms with Gasteiger partial charge < -0.3 is 24.8 Å². The van der Waals surface area contributed by atoms with E-state index in [1.165, 1.54) is 0 Å².